The molecule has 0 fully saturated rings. The number of rotatable bonds is 4. The zero-order valence-corrected chi connectivity index (χ0v) is 16.6. The van der Waals surface area contributed by atoms with Gasteiger partial charge in [0.2, 0.25) is 0 Å². The number of hydrogen-bond donors (Lipinski definition) is 0. The molecule has 1 atom stereocenters. The maximum atomic E-state index is 13.7. The lowest BCUT2D eigenvalue weighted by atomic mass is 9.82. The number of fused-ring (bicyclic) bond motifs is 1. The van der Waals surface area contributed by atoms with Crippen LogP contribution in [0.2, 0.25) is 0 Å². The number of aromatic nitrogens is 1. The van der Waals surface area contributed by atoms with Crippen LogP contribution in [0.1, 0.15) is 23.6 Å². The summed E-state index contributed by atoms with van der Waals surface area (Å²) >= 11 is 0. The van der Waals surface area contributed by atoms with Crippen LogP contribution in [-0.2, 0) is 16.5 Å². The highest BCUT2D eigenvalue weighted by Gasteiger charge is 2.36. The molecule has 0 saturated carbocycles. The van der Waals surface area contributed by atoms with Gasteiger partial charge in [0.15, 0.2) is 0 Å². The molecule has 5 heteroatoms. The molecule has 1 heterocycles. The van der Waals surface area contributed by atoms with Gasteiger partial charge in [-0.25, -0.2) is 0 Å². The Morgan fingerprint density at radius 3 is 2.00 bits per heavy atom. The number of methoxy groups -OCH3 is 1. The van der Waals surface area contributed by atoms with E-state index in [0.29, 0.717) is 16.5 Å². The summed E-state index contributed by atoms with van der Waals surface area (Å²) in [6, 6.07) is 23.2. The van der Waals surface area contributed by atoms with Gasteiger partial charge in [0, 0.05) is 24.3 Å². The minimum atomic E-state index is -4.49. The number of pyridine rings is 1. The molecule has 0 N–H and O–H groups in total. The maximum Gasteiger partial charge on any atom is 0.418 e. The Morgan fingerprint density at radius 1 is 0.767 bits per heavy atom. The van der Waals surface area contributed by atoms with Crippen LogP contribution in [0.5, 0.6) is 0 Å². The van der Waals surface area contributed by atoms with Crippen molar-refractivity contribution in [3.05, 3.63) is 102 Å². The van der Waals surface area contributed by atoms with Crippen molar-refractivity contribution in [2.24, 2.45) is 0 Å². The van der Waals surface area contributed by atoms with Crippen LogP contribution in [0, 0.1) is 0 Å². The third-order valence-corrected chi connectivity index (χ3v) is 5.51. The number of para-hydroxylation sites is 1. The minimum absolute atomic E-state index is 0.0703. The molecule has 0 aliphatic carbocycles. The van der Waals surface area contributed by atoms with E-state index >= 15 is 0 Å². The van der Waals surface area contributed by atoms with Gasteiger partial charge in [0.25, 0.3) is 0 Å². The first kappa shape index (κ1) is 20.1. The van der Waals surface area contributed by atoms with E-state index in [2.05, 4.69) is 4.98 Å². The predicted molar refractivity (Wildman–Crippen MR) is 112 cm³/mol. The van der Waals surface area contributed by atoms with E-state index in [1.165, 1.54) is 12.3 Å². The Morgan fingerprint density at radius 2 is 1.40 bits per heavy atom. The van der Waals surface area contributed by atoms with E-state index in [9.17, 15) is 13.2 Å². The lowest BCUT2D eigenvalue weighted by molar-refractivity contribution is -0.136. The molecular formula is C25H20F3NO. The fourth-order valence-corrected chi connectivity index (χ4v) is 3.87. The number of hydrogen-bond acceptors (Lipinski definition) is 2. The van der Waals surface area contributed by atoms with E-state index in [1.54, 1.807) is 13.2 Å². The maximum absolute atomic E-state index is 13.7. The molecule has 0 radical (unpaired) electrons. The molecule has 4 aromatic rings. The Balaban J connectivity index is 2.11. The molecule has 3 aromatic carbocycles. The highest BCUT2D eigenvalue weighted by molar-refractivity contribution is 5.98. The van der Waals surface area contributed by atoms with Crippen LogP contribution in [0.15, 0.2) is 85.1 Å². The van der Waals surface area contributed by atoms with Gasteiger partial charge in [0.05, 0.1) is 11.1 Å². The first-order chi connectivity index (χ1) is 14.4. The predicted octanol–water partition coefficient (Wildman–Crippen LogP) is 6.83. The number of halogens is 3. The lowest BCUT2D eigenvalue weighted by Crippen LogP contribution is -2.27. The first-order valence-corrected chi connectivity index (χ1v) is 9.52. The van der Waals surface area contributed by atoms with Gasteiger partial charge in [0.1, 0.15) is 5.60 Å². The van der Waals surface area contributed by atoms with Crippen LogP contribution in [0.4, 0.5) is 13.2 Å². The molecule has 1 aromatic heterocycles. The molecular weight excluding hydrogens is 387 g/mol. The van der Waals surface area contributed by atoms with Gasteiger partial charge >= 0.3 is 6.18 Å². The van der Waals surface area contributed by atoms with E-state index in [-0.39, 0.29) is 5.52 Å². The van der Waals surface area contributed by atoms with Crippen LogP contribution >= 0.6 is 0 Å². The minimum Gasteiger partial charge on any atom is -0.369 e. The SMILES string of the molecule is COC(C)(c1ccccc1)c1cnc2c(C(F)(F)F)cccc2c1-c1ccccc1. The van der Waals surface area contributed by atoms with Crippen molar-refractivity contribution in [2.45, 2.75) is 18.7 Å². The Hall–Kier alpha value is -3.18. The quantitative estimate of drug-likeness (QED) is 0.370. The highest BCUT2D eigenvalue weighted by Crippen LogP contribution is 2.43. The molecule has 0 aliphatic rings. The second-order valence-electron chi connectivity index (χ2n) is 7.22. The van der Waals surface area contributed by atoms with Gasteiger partial charge in [-0.3, -0.25) is 4.98 Å². The smallest absolute Gasteiger partial charge is 0.369 e. The lowest BCUT2D eigenvalue weighted by Gasteiger charge is -2.32. The number of benzene rings is 3. The van der Waals surface area contributed by atoms with Gasteiger partial charge in [-0.05, 0) is 29.7 Å². The average molecular weight is 407 g/mol. The molecule has 152 valence electrons. The van der Waals surface area contributed by atoms with E-state index in [1.807, 2.05) is 67.6 Å². The van der Waals surface area contributed by atoms with Crippen molar-refractivity contribution in [3.63, 3.8) is 0 Å². The Kier molecular flexibility index (Phi) is 5.08. The number of nitrogens with zero attached hydrogens (tertiary/aromatic N) is 1. The summed E-state index contributed by atoms with van der Waals surface area (Å²) in [6.07, 6.45) is -2.98. The van der Waals surface area contributed by atoms with E-state index in [4.69, 9.17) is 4.74 Å². The fraction of sp³-hybridized carbons (Fsp3) is 0.160. The summed E-state index contributed by atoms with van der Waals surface area (Å²) in [5.74, 6) is 0. The normalized spacial score (nSPS) is 13.9. The molecule has 30 heavy (non-hydrogen) atoms. The van der Waals surface area contributed by atoms with Crippen LogP contribution in [-0.4, -0.2) is 12.1 Å². The molecule has 0 saturated heterocycles. The van der Waals surface area contributed by atoms with E-state index in [0.717, 1.165) is 17.2 Å². The van der Waals surface area contributed by atoms with Gasteiger partial charge in [-0.2, -0.15) is 13.2 Å². The summed E-state index contributed by atoms with van der Waals surface area (Å²) in [7, 11) is 1.60. The zero-order valence-electron chi connectivity index (χ0n) is 16.6. The van der Waals surface area contributed by atoms with Crippen molar-refractivity contribution in [1.82, 2.24) is 4.98 Å². The summed E-state index contributed by atoms with van der Waals surface area (Å²) < 4.78 is 46.9. The summed E-state index contributed by atoms with van der Waals surface area (Å²) in [5.41, 5.74) is 1.36. The van der Waals surface area contributed by atoms with Gasteiger partial charge in [-0.15, -0.1) is 0 Å². The summed E-state index contributed by atoms with van der Waals surface area (Å²) in [4.78, 5) is 4.27. The molecule has 0 bridgehead atoms. The fourth-order valence-electron chi connectivity index (χ4n) is 3.87. The third-order valence-electron chi connectivity index (χ3n) is 5.51. The van der Waals surface area contributed by atoms with Crippen LogP contribution in [0.25, 0.3) is 22.0 Å². The number of alkyl halides is 3. The largest absolute Gasteiger partial charge is 0.418 e. The van der Waals surface area contributed by atoms with E-state index < -0.39 is 17.3 Å². The Labute approximate surface area is 173 Å². The molecule has 0 amide bonds. The molecule has 2 nitrogen and oxygen atoms in total. The molecule has 4 rings (SSSR count). The van der Waals surface area contributed by atoms with Crippen molar-refractivity contribution in [3.8, 4) is 11.1 Å². The average Bonchev–Trinajstić information content (AvgIpc) is 2.78. The van der Waals surface area contributed by atoms with Crippen molar-refractivity contribution < 1.29 is 17.9 Å². The van der Waals surface area contributed by atoms with Crippen molar-refractivity contribution in [2.75, 3.05) is 7.11 Å². The van der Waals surface area contributed by atoms with Crippen LogP contribution < -0.4 is 0 Å². The number of ether oxygens (including phenoxy) is 1. The highest BCUT2D eigenvalue weighted by atomic mass is 19.4. The third kappa shape index (κ3) is 3.35. The molecule has 0 spiro atoms. The Bertz CT molecular complexity index is 1170. The topological polar surface area (TPSA) is 22.1 Å². The monoisotopic (exact) mass is 407 g/mol. The second-order valence-corrected chi connectivity index (χ2v) is 7.22. The molecule has 0 aliphatic heterocycles. The summed E-state index contributed by atoms with van der Waals surface area (Å²) in [5, 5.41) is 0.438. The van der Waals surface area contributed by atoms with Crippen molar-refractivity contribution >= 4 is 10.9 Å². The first-order valence-electron chi connectivity index (χ1n) is 9.52. The second kappa shape index (κ2) is 7.58. The van der Waals surface area contributed by atoms with Crippen molar-refractivity contribution in [1.29, 1.82) is 0 Å². The zero-order chi connectivity index (χ0) is 21.4. The van der Waals surface area contributed by atoms with Gasteiger partial charge in [-0.1, -0.05) is 72.8 Å². The van der Waals surface area contributed by atoms with Crippen LogP contribution in [0.3, 0.4) is 0 Å². The van der Waals surface area contributed by atoms with Gasteiger partial charge < -0.3 is 4.74 Å². The summed E-state index contributed by atoms with van der Waals surface area (Å²) in [6.45, 7) is 1.91. The molecule has 1 unspecified atom stereocenters. The standard InChI is InChI=1S/C25H20F3NO/c1-24(30-2,18-12-7-4-8-13-18)21-16-29-23-19(14-9-15-20(23)25(26,27)28)22(21)17-10-5-3-6-11-17/h3-16H,1-2H3.